The van der Waals surface area contributed by atoms with Gasteiger partial charge in [0.05, 0.1) is 13.7 Å². The van der Waals surface area contributed by atoms with Crippen molar-refractivity contribution in [2.24, 2.45) is 0 Å². The Morgan fingerprint density at radius 3 is 2.37 bits per heavy atom. The number of rotatable bonds is 6. The van der Waals surface area contributed by atoms with Gasteiger partial charge in [-0.2, -0.15) is 0 Å². The number of nitrogens with one attached hydrogen (secondary N) is 2. The molecule has 6 nitrogen and oxygen atoms in total. The lowest BCUT2D eigenvalue weighted by Gasteiger charge is -2.07. The summed E-state index contributed by atoms with van der Waals surface area (Å²) < 4.78 is 9.61. The van der Waals surface area contributed by atoms with Gasteiger partial charge >= 0.3 is 5.97 Å². The van der Waals surface area contributed by atoms with E-state index in [0.29, 0.717) is 11.4 Å². The van der Waals surface area contributed by atoms with E-state index in [1.54, 1.807) is 31.3 Å². The molecule has 0 radical (unpaired) electrons. The first-order chi connectivity index (χ1) is 8.65. The molecule has 1 aromatic carbocycles. The molecule has 106 valence electrons. The van der Waals surface area contributed by atoms with Crippen LogP contribution in [-0.4, -0.2) is 39.2 Å². The summed E-state index contributed by atoms with van der Waals surface area (Å²) in [4.78, 5) is 22.1. The first kappa shape index (κ1) is 17.2. The van der Waals surface area contributed by atoms with Crippen LogP contribution in [-0.2, 0) is 14.3 Å². The highest BCUT2D eigenvalue weighted by Crippen LogP contribution is 2.15. The van der Waals surface area contributed by atoms with Crippen molar-refractivity contribution >= 4 is 30.0 Å². The number of benzene rings is 1. The van der Waals surface area contributed by atoms with E-state index < -0.39 is 5.97 Å². The second kappa shape index (κ2) is 9.18. The fourth-order valence-corrected chi connectivity index (χ4v) is 1.20. The van der Waals surface area contributed by atoms with Crippen molar-refractivity contribution in [1.29, 1.82) is 0 Å². The normalized spacial score (nSPS) is 9.16. The van der Waals surface area contributed by atoms with E-state index in [1.807, 2.05) is 0 Å². The number of amides is 1. The average Bonchev–Trinajstić information content (AvgIpc) is 2.37. The Labute approximate surface area is 117 Å². The molecule has 0 saturated heterocycles. The summed E-state index contributed by atoms with van der Waals surface area (Å²) in [5, 5.41) is 5.45. The van der Waals surface area contributed by atoms with Gasteiger partial charge in [-0.15, -0.1) is 12.4 Å². The van der Waals surface area contributed by atoms with E-state index >= 15 is 0 Å². The Kier molecular flexibility index (Phi) is 8.32. The van der Waals surface area contributed by atoms with Crippen LogP contribution in [0.25, 0.3) is 0 Å². The zero-order valence-electron chi connectivity index (χ0n) is 10.8. The first-order valence-electron chi connectivity index (χ1n) is 5.40. The number of likely N-dealkylation sites (N-methyl/N-ethyl adjacent to an activating group) is 1. The van der Waals surface area contributed by atoms with Gasteiger partial charge < -0.3 is 20.1 Å². The van der Waals surface area contributed by atoms with Gasteiger partial charge in [0, 0.05) is 5.69 Å². The third-order valence-corrected chi connectivity index (χ3v) is 2.06. The van der Waals surface area contributed by atoms with Crippen molar-refractivity contribution in [3.8, 4) is 5.75 Å². The summed E-state index contributed by atoms with van der Waals surface area (Å²) in [5.74, 6) is -0.0332. The number of hydrogen-bond acceptors (Lipinski definition) is 5. The molecule has 0 fully saturated rings. The minimum Gasteiger partial charge on any atom is -0.482 e. The van der Waals surface area contributed by atoms with E-state index in [4.69, 9.17) is 4.74 Å². The molecule has 0 aliphatic carbocycles. The molecule has 1 rings (SSSR count). The molecule has 0 saturated carbocycles. The van der Waals surface area contributed by atoms with Crippen LogP contribution in [0.3, 0.4) is 0 Å². The summed E-state index contributed by atoms with van der Waals surface area (Å²) in [5.41, 5.74) is 0.667. The molecular formula is C12H17ClN2O4. The van der Waals surface area contributed by atoms with Crippen molar-refractivity contribution in [2.45, 2.75) is 0 Å². The van der Waals surface area contributed by atoms with Crippen LogP contribution in [0.2, 0.25) is 0 Å². The number of anilines is 1. The van der Waals surface area contributed by atoms with Crippen LogP contribution in [0.4, 0.5) is 5.69 Å². The Morgan fingerprint density at radius 1 is 1.21 bits per heavy atom. The molecule has 0 aromatic heterocycles. The fraction of sp³-hybridized carbons (Fsp3) is 0.333. The number of halogens is 1. The fourth-order valence-electron chi connectivity index (χ4n) is 1.20. The van der Waals surface area contributed by atoms with Gasteiger partial charge in [-0.05, 0) is 31.3 Å². The summed E-state index contributed by atoms with van der Waals surface area (Å²) in [6, 6.07) is 6.72. The molecule has 0 aliphatic heterocycles. The molecule has 0 bridgehead atoms. The summed E-state index contributed by atoms with van der Waals surface area (Å²) in [6.07, 6.45) is 0. The molecule has 0 aliphatic rings. The smallest absolute Gasteiger partial charge is 0.343 e. The SMILES string of the molecule is CNCC(=O)Nc1ccc(OCC(=O)OC)cc1.Cl. The summed E-state index contributed by atoms with van der Waals surface area (Å²) in [6.45, 7) is 0.114. The predicted molar refractivity (Wildman–Crippen MR) is 73.8 cm³/mol. The lowest BCUT2D eigenvalue weighted by molar-refractivity contribution is -0.142. The molecule has 0 atom stereocenters. The zero-order chi connectivity index (χ0) is 13.4. The van der Waals surface area contributed by atoms with E-state index in [2.05, 4.69) is 15.4 Å². The van der Waals surface area contributed by atoms with Gasteiger partial charge in [0.15, 0.2) is 6.61 Å². The van der Waals surface area contributed by atoms with Crippen molar-refractivity contribution in [3.63, 3.8) is 0 Å². The Morgan fingerprint density at radius 2 is 1.84 bits per heavy atom. The molecule has 0 unspecified atom stereocenters. The Hall–Kier alpha value is -1.79. The maximum Gasteiger partial charge on any atom is 0.343 e. The second-order valence-electron chi connectivity index (χ2n) is 3.47. The maximum atomic E-state index is 11.3. The van der Waals surface area contributed by atoms with Crippen molar-refractivity contribution in [1.82, 2.24) is 5.32 Å². The van der Waals surface area contributed by atoms with Crippen molar-refractivity contribution in [2.75, 3.05) is 32.6 Å². The molecule has 7 heteroatoms. The van der Waals surface area contributed by atoms with Crippen LogP contribution in [0, 0.1) is 0 Å². The van der Waals surface area contributed by atoms with Crippen molar-refractivity contribution in [3.05, 3.63) is 24.3 Å². The summed E-state index contributed by atoms with van der Waals surface area (Å²) in [7, 11) is 3.00. The van der Waals surface area contributed by atoms with E-state index in [1.165, 1.54) is 7.11 Å². The van der Waals surface area contributed by atoms with Crippen LogP contribution in [0.1, 0.15) is 0 Å². The van der Waals surface area contributed by atoms with E-state index in [-0.39, 0.29) is 31.5 Å². The molecule has 0 spiro atoms. The average molecular weight is 289 g/mol. The van der Waals surface area contributed by atoms with Crippen LogP contribution in [0.15, 0.2) is 24.3 Å². The van der Waals surface area contributed by atoms with E-state index in [9.17, 15) is 9.59 Å². The lowest BCUT2D eigenvalue weighted by Crippen LogP contribution is -2.24. The van der Waals surface area contributed by atoms with Crippen molar-refractivity contribution < 1.29 is 19.1 Å². The standard InChI is InChI=1S/C12H16N2O4.ClH/c1-13-7-11(15)14-9-3-5-10(6-4-9)18-8-12(16)17-2;/h3-6,13H,7-8H2,1-2H3,(H,14,15);1H. The van der Waals surface area contributed by atoms with Crippen LogP contribution in [0.5, 0.6) is 5.75 Å². The zero-order valence-corrected chi connectivity index (χ0v) is 11.6. The number of hydrogen-bond donors (Lipinski definition) is 2. The molecular weight excluding hydrogens is 272 g/mol. The quantitative estimate of drug-likeness (QED) is 0.758. The highest BCUT2D eigenvalue weighted by molar-refractivity contribution is 5.92. The minimum absolute atomic E-state index is 0. The van der Waals surface area contributed by atoms with Gasteiger partial charge in [0.1, 0.15) is 5.75 Å². The van der Waals surface area contributed by atoms with Crippen LogP contribution >= 0.6 is 12.4 Å². The number of methoxy groups -OCH3 is 1. The molecule has 1 aromatic rings. The van der Waals surface area contributed by atoms with Crippen LogP contribution < -0.4 is 15.4 Å². The number of ether oxygens (including phenoxy) is 2. The highest BCUT2D eigenvalue weighted by Gasteiger charge is 2.03. The first-order valence-corrected chi connectivity index (χ1v) is 5.40. The molecule has 1 amide bonds. The highest BCUT2D eigenvalue weighted by atomic mass is 35.5. The van der Waals surface area contributed by atoms with E-state index in [0.717, 1.165) is 0 Å². The third kappa shape index (κ3) is 6.64. The predicted octanol–water partition coefficient (Wildman–Crippen LogP) is 0.818. The minimum atomic E-state index is -0.443. The van der Waals surface area contributed by atoms with Gasteiger partial charge in [-0.3, -0.25) is 4.79 Å². The summed E-state index contributed by atoms with van der Waals surface area (Å²) >= 11 is 0. The molecule has 19 heavy (non-hydrogen) atoms. The Balaban J connectivity index is 0.00000324. The van der Waals surface area contributed by atoms with Gasteiger partial charge in [-0.25, -0.2) is 4.79 Å². The van der Waals surface area contributed by atoms with Gasteiger partial charge in [-0.1, -0.05) is 0 Å². The second-order valence-corrected chi connectivity index (χ2v) is 3.47. The van der Waals surface area contributed by atoms with Gasteiger partial charge in [0.2, 0.25) is 5.91 Å². The topological polar surface area (TPSA) is 76.7 Å². The monoisotopic (exact) mass is 288 g/mol. The number of carbonyl (C=O) groups is 2. The number of carbonyl (C=O) groups excluding carboxylic acids is 2. The number of esters is 1. The molecule has 2 N–H and O–H groups in total. The largest absolute Gasteiger partial charge is 0.482 e. The lowest BCUT2D eigenvalue weighted by atomic mass is 10.3. The maximum absolute atomic E-state index is 11.3. The Bertz CT molecular complexity index is 409. The van der Waals surface area contributed by atoms with Gasteiger partial charge in [0.25, 0.3) is 0 Å². The molecule has 0 heterocycles. The third-order valence-electron chi connectivity index (χ3n) is 2.06.